The maximum absolute atomic E-state index is 9.48. The smallest absolute Gasteiger partial charge is 0.0879 e. The van der Waals surface area contributed by atoms with Gasteiger partial charge in [-0.05, 0) is 31.9 Å². The number of thiophene rings is 1. The zero-order chi connectivity index (χ0) is 8.43. The highest BCUT2D eigenvalue weighted by molar-refractivity contribution is 7.12. The van der Waals surface area contributed by atoms with E-state index in [4.69, 9.17) is 0 Å². The van der Waals surface area contributed by atoms with Gasteiger partial charge in [-0.3, -0.25) is 0 Å². The van der Waals surface area contributed by atoms with Crippen molar-refractivity contribution in [2.45, 2.75) is 33.3 Å². The third-order valence-electron chi connectivity index (χ3n) is 1.90. The summed E-state index contributed by atoms with van der Waals surface area (Å²) in [6, 6.07) is 2.08. The lowest BCUT2D eigenvalue weighted by atomic mass is 10.2. The predicted octanol–water partition coefficient (Wildman–Crippen LogP) is 2.81. The first-order valence-electron chi connectivity index (χ1n) is 3.90. The molecule has 1 unspecified atom stereocenters. The molecule has 0 aliphatic rings. The molecule has 1 rings (SSSR count). The lowest BCUT2D eigenvalue weighted by Crippen LogP contribution is -1.89. The van der Waals surface area contributed by atoms with Crippen LogP contribution in [0.4, 0.5) is 0 Å². The van der Waals surface area contributed by atoms with Crippen LogP contribution in [0.1, 0.15) is 34.8 Å². The van der Waals surface area contributed by atoms with E-state index in [0.29, 0.717) is 0 Å². The molecule has 1 aromatic rings. The molecule has 2 heteroatoms. The van der Waals surface area contributed by atoms with Gasteiger partial charge in [-0.2, -0.15) is 0 Å². The molecule has 1 nitrogen and oxygen atoms in total. The minimum atomic E-state index is -0.257. The van der Waals surface area contributed by atoms with E-state index < -0.39 is 0 Å². The van der Waals surface area contributed by atoms with Crippen molar-refractivity contribution in [1.29, 1.82) is 0 Å². The minimum absolute atomic E-state index is 0.257. The van der Waals surface area contributed by atoms with Crippen LogP contribution in [0, 0.1) is 13.8 Å². The van der Waals surface area contributed by atoms with Gasteiger partial charge in [0.05, 0.1) is 6.10 Å². The summed E-state index contributed by atoms with van der Waals surface area (Å²) in [6.45, 7) is 6.17. The van der Waals surface area contributed by atoms with Crippen molar-refractivity contribution in [2.75, 3.05) is 0 Å². The van der Waals surface area contributed by atoms with E-state index in [2.05, 4.69) is 19.9 Å². The van der Waals surface area contributed by atoms with Crippen molar-refractivity contribution in [3.05, 3.63) is 21.4 Å². The lowest BCUT2D eigenvalue weighted by Gasteiger charge is -2.01. The fraction of sp³-hybridized carbons (Fsp3) is 0.556. The topological polar surface area (TPSA) is 20.2 Å². The van der Waals surface area contributed by atoms with E-state index in [1.54, 1.807) is 11.3 Å². The van der Waals surface area contributed by atoms with Gasteiger partial charge in [0.15, 0.2) is 0 Å². The van der Waals surface area contributed by atoms with Crippen LogP contribution in [-0.4, -0.2) is 5.11 Å². The fourth-order valence-electron chi connectivity index (χ4n) is 0.967. The highest BCUT2D eigenvalue weighted by atomic mass is 32.1. The van der Waals surface area contributed by atoms with E-state index in [-0.39, 0.29) is 6.10 Å². The van der Waals surface area contributed by atoms with Gasteiger partial charge in [0.25, 0.3) is 0 Å². The van der Waals surface area contributed by atoms with Gasteiger partial charge in [-0.25, -0.2) is 0 Å². The third-order valence-corrected chi connectivity index (χ3v) is 3.15. The molecule has 0 aliphatic carbocycles. The van der Waals surface area contributed by atoms with Crippen LogP contribution in [0.3, 0.4) is 0 Å². The largest absolute Gasteiger partial charge is 0.388 e. The molecule has 0 radical (unpaired) electrons. The van der Waals surface area contributed by atoms with Crippen LogP contribution < -0.4 is 0 Å². The number of aliphatic hydroxyl groups excluding tert-OH is 1. The van der Waals surface area contributed by atoms with Crippen LogP contribution in [0.2, 0.25) is 0 Å². The van der Waals surface area contributed by atoms with Gasteiger partial charge in [-0.1, -0.05) is 6.92 Å². The molecule has 0 spiro atoms. The van der Waals surface area contributed by atoms with Gasteiger partial charge in [0.2, 0.25) is 0 Å². The summed E-state index contributed by atoms with van der Waals surface area (Å²) < 4.78 is 0. The average Bonchev–Trinajstić information content (AvgIpc) is 2.31. The Bertz CT molecular complexity index is 220. The Labute approximate surface area is 71.7 Å². The molecular formula is C9H14OS. The molecule has 0 aromatic carbocycles. The second kappa shape index (κ2) is 3.37. The molecule has 1 N–H and O–H groups in total. The molecule has 0 fully saturated rings. The Balaban J connectivity index is 2.88. The summed E-state index contributed by atoms with van der Waals surface area (Å²) in [4.78, 5) is 2.41. The predicted molar refractivity (Wildman–Crippen MR) is 49.0 cm³/mol. The highest BCUT2D eigenvalue weighted by Gasteiger charge is 2.08. The SMILES string of the molecule is CCC(O)c1cc(C)c(C)s1. The van der Waals surface area contributed by atoms with Gasteiger partial charge < -0.3 is 5.11 Å². The van der Waals surface area contributed by atoms with Gasteiger partial charge >= 0.3 is 0 Å². The summed E-state index contributed by atoms with van der Waals surface area (Å²) >= 11 is 1.70. The standard InChI is InChI=1S/C9H14OS/c1-4-8(10)9-5-6(2)7(3)11-9/h5,8,10H,4H2,1-3H3. The third kappa shape index (κ3) is 1.82. The number of rotatable bonds is 2. The van der Waals surface area contributed by atoms with Crippen LogP contribution in [-0.2, 0) is 0 Å². The molecule has 0 aliphatic heterocycles. The summed E-state index contributed by atoms with van der Waals surface area (Å²) in [5.74, 6) is 0. The second-order valence-electron chi connectivity index (χ2n) is 2.81. The van der Waals surface area contributed by atoms with Crippen molar-refractivity contribution in [3.63, 3.8) is 0 Å². The van der Waals surface area contributed by atoms with Crippen LogP contribution in [0.25, 0.3) is 0 Å². The van der Waals surface area contributed by atoms with Crippen molar-refractivity contribution in [2.24, 2.45) is 0 Å². The first kappa shape index (κ1) is 8.75. The number of aryl methyl sites for hydroxylation is 2. The Hall–Kier alpha value is -0.340. The Morgan fingerprint density at radius 3 is 2.55 bits per heavy atom. The average molecular weight is 170 g/mol. The van der Waals surface area contributed by atoms with Crippen LogP contribution in [0.15, 0.2) is 6.07 Å². The first-order valence-corrected chi connectivity index (χ1v) is 4.71. The van der Waals surface area contributed by atoms with Crippen LogP contribution in [0.5, 0.6) is 0 Å². The van der Waals surface area contributed by atoms with Crippen molar-refractivity contribution < 1.29 is 5.11 Å². The molecule has 1 aromatic heterocycles. The maximum atomic E-state index is 9.48. The van der Waals surface area contributed by atoms with Crippen molar-refractivity contribution in [1.82, 2.24) is 0 Å². The molecule has 1 atom stereocenters. The van der Waals surface area contributed by atoms with Gasteiger partial charge in [-0.15, -0.1) is 11.3 Å². The van der Waals surface area contributed by atoms with Gasteiger partial charge in [0.1, 0.15) is 0 Å². The Morgan fingerprint density at radius 1 is 1.55 bits per heavy atom. The highest BCUT2D eigenvalue weighted by Crippen LogP contribution is 2.27. The van der Waals surface area contributed by atoms with Crippen molar-refractivity contribution >= 4 is 11.3 Å². The van der Waals surface area contributed by atoms with E-state index in [1.807, 2.05) is 6.92 Å². The summed E-state index contributed by atoms with van der Waals surface area (Å²) in [7, 11) is 0. The molecule has 62 valence electrons. The summed E-state index contributed by atoms with van der Waals surface area (Å²) in [6.07, 6.45) is 0.548. The summed E-state index contributed by atoms with van der Waals surface area (Å²) in [5, 5.41) is 9.48. The fourth-order valence-corrected chi connectivity index (χ4v) is 2.08. The number of hydrogen-bond donors (Lipinski definition) is 1. The molecule has 11 heavy (non-hydrogen) atoms. The molecule has 0 amide bonds. The Kier molecular flexibility index (Phi) is 2.68. The Morgan fingerprint density at radius 2 is 2.18 bits per heavy atom. The van der Waals surface area contributed by atoms with Gasteiger partial charge in [0, 0.05) is 9.75 Å². The molecule has 1 heterocycles. The van der Waals surface area contributed by atoms with Crippen molar-refractivity contribution in [3.8, 4) is 0 Å². The minimum Gasteiger partial charge on any atom is -0.388 e. The number of hydrogen-bond acceptors (Lipinski definition) is 2. The molecular weight excluding hydrogens is 156 g/mol. The molecule has 0 bridgehead atoms. The van der Waals surface area contributed by atoms with E-state index >= 15 is 0 Å². The zero-order valence-corrected chi connectivity index (χ0v) is 8.03. The summed E-state index contributed by atoms with van der Waals surface area (Å²) in [5.41, 5.74) is 1.29. The number of aliphatic hydroxyl groups is 1. The zero-order valence-electron chi connectivity index (χ0n) is 7.22. The second-order valence-corrected chi connectivity index (χ2v) is 4.10. The molecule has 0 saturated carbocycles. The monoisotopic (exact) mass is 170 g/mol. The molecule has 0 saturated heterocycles. The maximum Gasteiger partial charge on any atom is 0.0879 e. The first-order chi connectivity index (χ1) is 5.15. The van der Waals surface area contributed by atoms with E-state index in [9.17, 15) is 5.11 Å². The normalized spacial score (nSPS) is 13.5. The van der Waals surface area contributed by atoms with E-state index in [0.717, 1.165) is 11.3 Å². The van der Waals surface area contributed by atoms with E-state index in [1.165, 1.54) is 10.4 Å². The van der Waals surface area contributed by atoms with Crippen LogP contribution >= 0.6 is 11.3 Å². The quantitative estimate of drug-likeness (QED) is 0.723. The lowest BCUT2D eigenvalue weighted by molar-refractivity contribution is 0.177.